The van der Waals surface area contributed by atoms with Crippen LogP contribution in [0, 0.1) is 0 Å². The lowest BCUT2D eigenvalue weighted by molar-refractivity contribution is -0.140. The molecule has 0 spiro atoms. The first-order valence-corrected chi connectivity index (χ1v) is 13.0. The van der Waals surface area contributed by atoms with Gasteiger partial charge >= 0.3 is 5.97 Å². The lowest BCUT2D eigenvalue weighted by Gasteiger charge is -2.23. The molecule has 1 amide bonds. The zero-order valence-corrected chi connectivity index (χ0v) is 22.3. The van der Waals surface area contributed by atoms with Crippen molar-refractivity contribution in [3.05, 3.63) is 53.6 Å². The number of guanidine groups is 1. The molecule has 0 saturated carbocycles. The van der Waals surface area contributed by atoms with Gasteiger partial charge < -0.3 is 46.2 Å². The summed E-state index contributed by atoms with van der Waals surface area (Å²) in [6.45, 7) is 0.221. The van der Waals surface area contributed by atoms with Crippen molar-refractivity contribution in [1.29, 1.82) is 0 Å². The molecular weight excluding hydrogens is 536 g/mol. The predicted octanol–water partition coefficient (Wildman–Crippen LogP) is -0.111. The maximum Gasteiger partial charge on any atom is 0.322 e. The fraction of sp³-hybridized carbons (Fsp3) is 0.407. The van der Waals surface area contributed by atoms with E-state index in [1.807, 2.05) is 6.07 Å². The number of benzene rings is 2. The van der Waals surface area contributed by atoms with E-state index in [-0.39, 0.29) is 37.4 Å². The standard InChI is InChI=1S/C27H34N6O8/c1-41-24-18-4-2-3-5-19(18)32-23(24)25(38)33-20(26(39)40)13-28-22(37)7-6-21(36)14-8-15(10-16(34)9-14)31-27-29-11-17(35)12-30-27/h2-5,8-10,17,20-21,24-25,33-36,38H,6-7,11-13H2,1H3,(H,28,37)(H,39,40)(H2,29,30,31)/t20-,21?,24?,25?/m0/s1. The average Bonchev–Trinajstić information content (AvgIpc) is 3.33. The predicted molar refractivity (Wildman–Crippen MR) is 149 cm³/mol. The molecule has 2 heterocycles. The molecule has 0 bridgehead atoms. The van der Waals surface area contributed by atoms with E-state index < -0.39 is 42.5 Å². The van der Waals surface area contributed by atoms with Crippen molar-refractivity contribution in [3.8, 4) is 5.75 Å². The summed E-state index contributed by atoms with van der Waals surface area (Å²) in [4.78, 5) is 32.8. The molecular formula is C27H34N6O8. The van der Waals surface area contributed by atoms with Crippen LogP contribution >= 0.6 is 0 Å². The van der Waals surface area contributed by atoms with Crippen LogP contribution in [0.2, 0.25) is 0 Å². The number of hydrogen-bond acceptors (Lipinski definition) is 12. The smallest absolute Gasteiger partial charge is 0.322 e. The Morgan fingerprint density at radius 2 is 1.98 bits per heavy atom. The second kappa shape index (κ2) is 13.5. The molecule has 14 heteroatoms. The number of aromatic hydroxyl groups is 1. The monoisotopic (exact) mass is 570 g/mol. The first-order valence-electron chi connectivity index (χ1n) is 13.0. The van der Waals surface area contributed by atoms with Crippen molar-refractivity contribution in [3.63, 3.8) is 0 Å². The van der Waals surface area contributed by atoms with Crippen LogP contribution in [0.3, 0.4) is 0 Å². The van der Waals surface area contributed by atoms with Crippen LogP contribution < -0.4 is 21.3 Å². The highest BCUT2D eigenvalue weighted by Gasteiger charge is 2.34. The van der Waals surface area contributed by atoms with Gasteiger partial charge in [-0.25, -0.2) is 0 Å². The van der Waals surface area contributed by atoms with Gasteiger partial charge in [-0.2, -0.15) is 0 Å². The Bertz CT molecular complexity index is 1320. The Balaban J connectivity index is 1.28. The maximum absolute atomic E-state index is 12.5. The second-order valence-corrected chi connectivity index (χ2v) is 9.69. The van der Waals surface area contributed by atoms with E-state index in [0.29, 0.717) is 29.4 Å². The minimum Gasteiger partial charge on any atom is -0.508 e. The number of anilines is 1. The number of carbonyl (C=O) groups is 2. The quantitative estimate of drug-likeness (QED) is 0.153. The van der Waals surface area contributed by atoms with E-state index in [9.17, 15) is 35.1 Å². The van der Waals surface area contributed by atoms with Gasteiger partial charge in [0.25, 0.3) is 0 Å². The number of nitrogens with zero attached hydrogens (tertiary/aromatic N) is 2. The number of carboxylic acid groups (broad SMARTS) is 1. The number of rotatable bonds is 12. The first-order chi connectivity index (χ1) is 19.6. The van der Waals surface area contributed by atoms with E-state index in [1.165, 1.54) is 19.2 Å². The number of carboxylic acids is 1. The lowest BCUT2D eigenvalue weighted by atomic mass is 10.0. The first kappa shape index (κ1) is 29.9. The second-order valence-electron chi connectivity index (χ2n) is 9.69. The number of methoxy groups -OCH3 is 1. The number of β-amino-alcohol motifs (C(OH)–C–C–N with tert-alkyl or cyclic N) is 1. The zero-order chi connectivity index (χ0) is 29.5. The molecule has 4 rings (SSSR count). The van der Waals surface area contributed by atoms with Crippen molar-refractivity contribution in [2.45, 2.75) is 43.4 Å². The summed E-state index contributed by atoms with van der Waals surface area (Å²) in [5.74, 6) is -1.50. The zero-order valence-electron chi connectivity index (χ0n) is 22.3. The van der Waals surface area contributed by atoms with Crippen LogP contribution in [0.5, 0.6) is 5.75 Å². The average molecular weight is 571 g/mol. The van der Waals surface area contributed by atoms with Gasteiger partial charge in [0.15, 0.2) is 5.96 Å². The van der Waals surface area contributed by atoms with Gasteiger partial charge in [-0.15, -0.1) is 0 Å². The number of amides is 1. The van der Waals surface area contributed by atoms with Crippen molar-refractivity contribution in [2.75, 3.05) is 32.1 Å². The van der Waals surface area contributed by atoms with Gasteiger partial charge in [0.1, 0.15) is 24.1 Å². The van der Waals surface area contributed by atoms with E-state index in [2.05, 4.69) is 31.3 Å². The molecule has 0 aromatic heterocycles. The summed E-state index contributed by atoms with van der Waals surface area (Å²) in [5.41, 5.74) is 2.38. The molecule has 2 aromatic carbocycles. The number of phenols is 1. The molecule has 0 fully saturated rings. The van der Waals surface area contributed by atoms with Crippen LogP contribution in [0.1, 0.15) is 36.2 Å². The Hall–Kier alpha value is -4.08. The number of aliphatic imine (C=N–C) groups is 2. The molecule has 14 nitrogen and oxygen atoms in total. The van der Waals surface area contributed by atoms with E-state index in [4.69, 9.17) is 4.74 Å². The summed E-state index contributed by atoms with van der Waals surface area (Å²) in [6, 6.07) is 10.2. The van der Waals surface area contributed by atoms with Crippen molar-refractivity contribution < 1.29 is 39.9 Å². The third kappa shape index (κ3) is 7.77. The molecule has 220 valence electrons. The number of aliphatic carboxylic acids is 1. The highest BCUT2D eigenvalue weighted by Crippen LogP contribution is 2.36. The van der Waals surface area contributed by atoms with Gasteiger partial charge in [-0.3, -0.25) is 24.9 Å². The maximum atomic E-state index is 12.5. The number of nitrogens with one attached hydrogen (secondary N) is 4. The van der Waals surface area contributed by atoms with E-state index in [0.717, 1.165) is 5.56 Å². The Kier molecular flexibility index (Phi) is 9.86. The topological polar surface area (TPSA) is 217 Å². The van der Waals surface area contributed by atoms with Crippen molar-refractivity contribution >= 4 is 34.9 Å². The molecule has 0 radical (unpaired) electrons. The summed E-state index contributed by atoms with van der Waals surface area (Å²) >= 11 is 0. The van der Waals surface area contributed by atoms with Crippen LogP contribution in [0.15, 0.2) is 52.4 Å². The Labute approximate surface area is 235 Å². The minimum atomic E-state index is -1.44. The van der Waals surface area contributed by atoms with Crippen LogP contribution in [0.25, 0.3) is 0 Å². The molecule has 5 atom stereocenters. The van der Waals surface area contributed by atoms with Crippen LogP contribution in [-0.4, -0.2) is 94.2 Å². The summed E-state index contributed by atoms with van der Waals surface area (Å²) < 4.78 is 5.45. The SMILES string of the molecule is COC1C(C(O)N[C@@H](CNC(=O)CCC(O)c2cc(O)cc(NC3=NCC(O)CN3)c2)C(=O)O)=Nc2ccccc21. The van der Waals surface area contributed by atoms with Gasteiger partial charge in [0, 0.05) is 43.9 Å². The Morgan fingerprint density at radius 3 is 2.68 bits per heavy atom. The number of para-hydroxylation sites is 1. The van der Waals surface area contributed by atoms with Gasteiger partial charge in [0.05, 0.1) is 30.2 Å². The number of aliphatic hydroxyl groups is 3. The van der Waals surface area contributed by atoms with E-state index >= 15 is 0 Å². The number of phenolic OH excluding ortho intramolecular Hbond substituents is 1. The number of carbonyl (C=O) groups excluding carboxylic acids is 1. The number of aliphatic hydroxyl groups excluding tert-OH is 3. The minimum absolute atomic E-state index is 0.00150. The fourth-order valence-corrected chi connectivity index (χ4v) is 4.50. The number of ether oxygens (including phenoxy) is 1. The third-order valence-electron chi connectivity index (χ3n) is 6.61. The third-order valence-corrected chi connectivity index (χ3v) is 6.61. The van der Waals surface area contributed by atoms with Crippen LogP contribution in [-0.2, 0) is 14.3 Å². The van der Waals surface area contributed by atoms with Gasteiger partial charge in [-0.1, -0.05) is 18.2 Å². The largest absolute Gasteiger partial charge is 0.508 e. The van der Waals surface area contributed by atoms with Crippen molar-refractivity contribution in [1.82, 2.24) is 16.0 Å². The van der Waals surface area contributed by atoms with Crippen LogP contribution in [0.4, 0.5) is 11.4 Å². The van der Waals surface area contributed by atoms with E-state index in [1.54, 1.807) is 24.3 Å². The van der Waals surface area contributed by atoms with Crippen molar-refractivity contribution in [2.24, 2.45) is 9.98 Å². The van der Waals surface area contributed by atoms with Gasteiger partial charge in [-0.05, 0) is 30.2 Å². The summed E-state index contributed by atoms with van der Waals surface area (Å²) in [5, 5.41) is 61.5. The molecule has 41 heavy (non-hydrogen) atoms. The summed E-state index contributed by atoms with van der Waals surface area (Å²) in [6.07, 6.45) is -3.90. The summed E-state index contributed by atoms with van der Waals surface area (Å²) in [7, 11) is 1.46. The number of fused-ring (bicyclic) bond motifs is 1. The number of hydrogen-bond donors (Lipinski definition) is 9. The highest BCUT2D eigenvalue weighted by atomic mass is 16.5. The fourth-order valence-electron chi connectivity index (χ4n) is 4.50. The molecule has 2 aromatic rings. The normalized spacial score (nSPS) is 20.1. The molecule has 4 unspecified atom stereocenters. The molecule has 0 saturated heterocycles. The molecule has 9 N–H and O–H groups in total. The van der Waals surface area contributed by atoms with Gasteiger partial charge in [0.2, 0.25) is 5.91 Å². The molecule has 2 aliphatic heterocycles. The Morgan fingerprint density at radius 1 is 1.20 bits per heavy atom. The lowest BCUT2D eigenvalue weighted by Crippen LogP contribution is -2.53. The highest BCUT2D eigenvalue weighted by molar-refractivity contribution is 6.00. The molecule has 0 aliphatic carbocycles. The molecule has 2 aliphatic rings.